The maximum absolute atomic E-state index is 12.4. The lowest BCUT2D eigenvalue weighted by Crippen LogP contribution is -2.43. The smallest absolute Gasteiger partial charge is 0.237 e. The largest absolute Gasteiger partial charge is 0.351 e. The van der Waals surface area contributed by atoms with Gasteiger partial charge in [-0.25, -0.2) is 0 Å². The highest BCUT2D eigenvalue weighted by Gasteiger charge is 2.38. The molecule has 1 aliphatic carbocycles. The van der Waals surface area contributed by atoms with Crippen LogP contribution in [0.4, 0.5) is 0 Å². The normalized spacial score (nSPS) is 28.4. The van der Waals surface area contributed by atoms with E-state index in [-0.39, 0.29) is 11.9 Å². The number of carbonyl (C=O) groups excluding carboxylic acids is 1. The van der Waals surface area contributed by atoms with E-state index in [0.29, 0.717) is 18.5 Å². The van der Waals surface area contributed by atoms with Crippen molar-refractivity contribution in [3.05, 3.63) is 17.0 Å². The van der Waals surface area contributed by atoms with Gasteiger partial charge >= 0.3 is 0 Å². The second-order valence-electron chi connectivity index (χ2n) is 6.60. The molecular formula is C16H26N4O. The van der Waals surface area contributed by atoms with Crippen LogP contribution in [0, 0.1) is 19.8 Å². The summed E-state index contributed by atoms with van der Waals surface area (Å²) in [4.78, 5) is 12.4. The molecular weight excluding hydrogens is 264 g/mol. The van der Waals surface area contributed by atoms with Crippen LogP contribution in [0.3, 0.4) is 0 Å². The van der Waals surface area contributed by atoms with Crippen LogP contribution in [0.25, 0.3) is 0 Å². The molecule has 0 spiro atoms. The highest BCUT2D eigenvalue weighted by Crippen LogP contribution is 2.33. The Kier molecular flexibility index (Phi) is 4.02. The zero-order valence-corrected chi connectivity index (χ0v) is 13.3. The first kappa shape index (κ1) is 14.6. The molecule has 3 unspecified atom stereocenters. The molecule has 0 aromatic carbocycles. The molecule has 1 aromatic heterocycles. The molecule has 1 aliphatic heterocycles. The number of carbonyl (C=O) groups is 1. The van der Waals surface area contributed by atoms with E-state index in [4.69, 9.17) is 0 Å². The predicted octanol–water partition coefficient (Wildman–Crippen LogP) is 1.57. The van der Waals surface area contributed by atoms with Crippen LogP contribution in [0.1, 0.15) is 49.1 Å². The van der Waals surface area contributed by atoms with Gasteiger partial charge in [-0.3, -0.25) is 9.48 Å². The fourth-order valence-corrected chi connectivity index (χ4v) is 3.89. The third-order valence-corrected chi connectivity index (χ3v) is 5.28. The molecule has 2 N–H and O–H groups in total. The number of aromatic nitrogens is 2. The molecule has 1 aromatic rings. The fourth-order valence-electron chi connectivity index (χ4n) is 3.89. The maximum atomic E-state index is 12.4. The summed E-state index contributed by atoms with van der Waals surface area (Å²) < 4.78 is 1.87. The van der Waals surface area contributed by atoms with E-state index in [1.165, 1.54) is 25.7 Å². The van der Waals surface area contributed by atoms with Crippen molar-refractivity contribution in [1.29, 1.82) is 0 Å². The van der Waals surface area contributed by atoms with E-state index in [2.05, 4.69) is 15.7 Å². The van der Waals surface area contributed by atoms with Crippen LogP contribution in [-0.2, 0) is 18.4 Å². The van der Waals surface area contributed by atoms with E-state index in [1.807, 2.05) is 25.6 Å². The van der Waals surface area contributed by atoms with Crippen molar-refractivity contribution in [2.75, 3.05) is 0 Å². The zero-order chi connectivity index (χ0) is 15.0. The zero-order valence-electron chi connectivity index (χ0n) is 13.3. The van der Waals surface area contributed by atoms with Crippen LogP contribution in [-0.4, -0.2) is 27.8 Å². The number of amides is 1. The van der Waals surface area contributed by atoms with Crippen molar-refractivity contribution >= 4 is 5.91 Å². The Morgan fingerprint density at radius 1 is 1.38 bits per heavy atom. The molecule has 2 aliphatic rings. The Labute approximate surface area is 126 Å². The van der Waals surface area contributed by atoms with Gasteiger partial charge in [-0.05, 0) is 39.0 Å². The van der Waals surface area contributed by atoms with E-state index in [9.17, 15) is 4.79 Å². The molecule has 0 radical (unpaired) electrons. The number of nitrogens with zero attached hydrogens (tertiary/aromatic N) is 2. The second-order valence-corrected chi connectivity index (χ2v) is 6.60. The van der Waals surface area contributed by atoms with E-state index in [1.54, 1.807) is 0 Å². The monoisotopic (exact) mass is 290 g/mol. The quantitative estimate of drug-likeness (QED) is 0.888. The Bertz CT molecular complexity index is 523. The van der Waals surface area contributed by atoms with Gasteiger partial charge in [0.25, 0.3) is 0 Å². The third-order valence-electron chi connectivity index (χ3n) is 5.28. The van der Waals surface area contributed by atoms with Gasteiger partial charge in [-0.2, -0.15) is 5.10 Å². The van der Waals surface area contributed by atoms with Gasteiger partial charge in [0.15, 0.2) is 0 Å². The summed E-state index contributed by atoms with van der Waals surface area (Å²) in [6.07, 6.45) is 6.14. The van der Waals surface area contributed by atoms with Gasteiger partial charge in [0, 0.05) is 30.9 Å². The Morgan fingerprint density at radius 2 is 2.14 bits per heavy atom. The molecule has 0 bridgehead atoms. The summed E-state index contributed by atoms with van der Waals surface area (Å²) in [6.45, 7) is 4.62. The number of hydrogen-bond acceptors (Lipinski definition) is 3. The molecule has 21 heavy (non-hydrogen) atoms. The first-order chi connectivity index (χ1) is 10.1. The van der Waals surface area contributed by atoms with Gasteiger partial charge in [-0.15, -0.1) is 0 Å². The first-order valence-corrected chi connectivity index (χ1v) is 8.09. The van der Waals surface area contributed by atoms with Crippen LogP contribution < -0.4 is 10.6 Å². The summed E-state index contributed by atoms with van der Waals surface area (Å²) in [7, 11) is 1.94. The molecule has 3 atom stereocenters. The fraction of sp³-hybridized carbons (Fsp3) is 0.750. The van der Waals surface area contributed by atoms with Gasteiger partial charge in [0.2, 0.25) is 5.91 Å². The summed E-state index contributed by atoms with van der Waals surface area (Å²) in [6, 6.07) is 0.562. The minimum absolute atomic E-state index is 0.00427. The average Bonchev–Trinajstić information content (AvgIpc) is 2.99. The molecule has 1 amide bonds. The van der Waals surface area contributed by atoms with Crippen LogP contribution in [0.15, 0.2) is 0 Å². The minimum Gasteiger partial charge on any atom is -0.351 e. The van der Waals surface area contributed by atoms with Gasteiger partial charge in [0.05, 0.1) is 11.7 Å². The van der Waals surface area contributed by atoms with Crippen molar-refractivity contribution in [3.8, 4) is 0 Å². The highest BCUT2D eigenvalue weighted by atomic mass is 16.2. The standard InChI is InChI=1S/C16H26N4O/c1-10-13(11(2)20(3)19-10)9-17-16(21)15-8-12-6-4-5-7-14(12)18-15/h12,14-15,18H,4-9H2,1-3H3,(H,17,21). The summed E-state index contributed by atoms with van der Waals surface area (Å²) >= 11 is 0. The van der Waals surface area contributed by atoms with Crippen molar-refractivity contribution in [2.45, 2.75) is 64.6 Å². The van der Waals surface area contributed by atoms with Gasteiger partial charge < -0.3 is 10.6 Å². The lowest BCUT2D eigenvalue weighted by atomic mass is 9.85. The van der Waals surface area contributed by atoms with Crippen LogP contribution in [0.5, 0.6) is 0 Å². The Hall–Kier alpha value is -1.36. The number of fused-ring (bicyclic) bond motifs is 1. The summed E-state index contributed by atoms with van der Waals surface area (Å²) in [5.41, 5.74) is 3.27. The molecule has 2 heterocycles. The molecule has 2 fully saturated rings. The molecule has 1 saturated heterocycles. The van der Waals surface area contributed by atoms with E-state index < -0.39 is 0 Å². The van der Waals surface area contributed by atoms with Crippen molar-refractivity contribution in [1.82, 2.24) is 20.4 Å². The number of rotatable bonds is 3. The maximum Gasteiger partial charge on any atom is 0.237 e. The van der Waals surface area contributed by atoms with E-state index >= 15 is 0 Å². The molecule has 5 nitrogen and oxygen atoms in total. The van der Waals surface area contributed by atoms with Gasteiger partial charge in [0.1, 0.15) is 0 Å². The number of nitrogens with one attached hydrogen (secondary N) is 2. The Balaban J connectivity index is 1.57. The number of hydrogen-bond donors (Lipinski definition) is 2. The third kappa shape index (κ3) is 2.84. The lowest BCUT2D eigenvalue weighted by Gasteiger charge is -2.24. The average molecular weight is 290 g/mol. The van der Waals surface area contributed by atoms with Crippen molar-refractivity contribution < 1.29 is 4.79 Å². The second kappa shape index (κ2) is 5.79. The van der Waals surface area contributed by atoms with Crippen molar-refractivity contribution in [2.24, 2.45) is 13.0 Å². The number of aryl methyl sites for hydroxylation is 2. The summed E-state index contributed by atoms with van der Waals surface area (Å²) in [5, 5.41) is 11.0. The molecule has 116 valence electrons. The SMILES string of the molecule is Cc1nn(C)c(C)c1CNC(=O)C1CC2CCCCC2N1. The molecule has 1 saturated carbocycles. The van der Waals surface area contributed by atoms with Crippen LogP contribution in [0.2, 0.25) is 0 Å². The molecule has 3 rings (SSSR count). The van der Waals surface area contributed by atoms with Gasteiger partial charge in [-0.1, -0.05) is 12.8 Å². The van der Waals surface area contributed by atoms with Crippen molar-refractivity contribution in [3.63, 3.8) is 0 Å². The highest BCUT2D eigenvalue weighted by molar-refractivity contribution is 5.82. The minimum atomic E-state index is -0.00427. The predicted molar refractivity (Wildman–Crippen MR) is 81.8 cm³/mol. The summed E-state index contributed by atoms with van der Waals surface area (Å²) in [5.74, 6) is 0.850. The van der Waals surface area contributed by atoms with E-state index in [0.717, 1.165) is 23.4 Å². The Morgan fingerprint density at radius 3 is 2.81 bits per heavy atom. The topological polar surface area (TPSA) is 59.0 Å². The van der Waals surface area contributed by atoms with Crippen LogP contribution >= 0.6 is 0 Å². The lowest BCUT2D eigenvalue weighted by molar-refractivity contribution is -0.123. The molecule has 5 heteroatoms. The first-order valence-electron chi connectivity index (χ1n) is 8.09.